The van der Waals surface area contributed by atoms with Crippen LogP contribution in [0, 0.1) is 0 Å². The number of sulfonamides is 1. The zero-order valence-electron chi connectivity index (χ0n) is 9.88. The van der Waals surface area contributed by atoms with E-state index in [2.05, 4.69) is 20.7 Å². The Labute approximate surface area is 123 Å². The van der Waals surface area contributed by atoms with Crippen LogP contribution in [0.4, 0.5) is 5.69 Å². The van der Waals surface area contributed by atoms with Crippen molar-refractivity contribution in [2.24, 2.45) is 0 Å². The number of benzene rings is 1. The van der Waals surface area contributed by atoms with Gasteiger partial charge in [-0.1, -0.05) is 0 Å². The normalized spacial score (nSPS) is 11.3. The minimum Gasteiger partial charge on any atom is -0.295 e. The fourth-order valence-corrected chi connectivity index (χ4v) is 4.49. The summed E-state index contributed by atoms with van der Waals surface area (Å²) in [5, 5.41) is 0. The summed E-state index contributed by atoms with van der Waals surface area (Å²) in [6, 6.07) is 9.52. The molecule has 0 saturated carbocycles. The smallest absolute Gasteiger partial charge is 0.271 e. The Morgan fingerprint density at radius 3 is 2.26 bits per heavy atom. The number of hydrogen-bond donors (Lipinski definition) is 1. The molecule has 0 aliphatic heterocycles. The Bertz CT molecular complexity index is 705. The lowest BCUT2D eigenvalue weighted by Gasteiger charge is -2.06. The van der Waals surface area contributed by atoms with Crippen LogP contribution in [0.2, 0.25) is 0 Å². The SMILES string of the molecule is CC(=O)c1ccc(NS(=O)(=O)c2ccc(Br)s2)cc1. The maximum absolute atomic E-state index is 12.0. The number of halogens is 1. The minimum atomic E-state index is -3.57. The molecule has 1 aromatic heterocycles. The Morgan fingerprint density at radius 1 is 1.16 bits per heavy atom. The number of carbonyl (C=O) groups is 1. The van der Waals surface area contributed by atoms with Crippen LogP contribution in [0.15, 0.2) is 44.4 Å². The third kappa shape index (κ3) is 3.43. The zero-order chi connectivity index (χ0) is 14.0. The monoisotopic (exact) mass is 359 g/mol. The molecule has 19 heavy (non-hydrogen) atoms. The topological polar surface area (TPSA) is 63.2 Å². The van der Waals surface area contributed by atoms with E-state index >= 15 is 0 Å². The van der Waals surface area contributed by atoms with Gasteiger partial charge in [0.1, 0.15) is 4.21 Å². The van der Waals surface area contributed by atoms with E-state index in [4.69, 9.17) is 0 Å². The molecule has 4 nitrogen and oxygen atoms in total. The first-order chi connectivity index (χ1) is 8.88. The van der Waals surface area contributed by atoms with Crippen molar-refractivity contribution in [2.75, 3.05) is 4.72 Å². The van der Waals surface area contributed by atoms with Crippen molar-refractivity contribution in [1.29, 1.82) is 0 Å². The van der Waals surface area contributed by atoms with Crippen molar-refractivity contribution in [1.82, 2.24) is 0 Å². The number of nitrogens with one attached hydrogen (secondary N) is 1. The van der Waals surface area contributed by atoms with E-state index in [9.17, 15) is 13.2 Å². The van der Waals surface area contributed by atoms with Gasteiger partial charge in [0.05, 0.1) is 3.79 Å². The van der Waals surface area contributed by atoms with Gasteiger partial charge in [-0.15, -0.1) is 11.3 Å². The maximum atomic E-state index is 12.0. The van der Waals surface area contributed by atoms with E-state index in [0.29, 0.717) is 11.3 Å². The van der Waals surface area contributed by atoms with Crippen LogP contribution in [-0.4, -0.2) is 14.2 Å². The highest BCUT2D eigenvalue weighted by Crippen LogP contribution is 2.27. The third-order valence-corrected chi connectivity index (χ3v) is 5.85. The second kappa shape index (κ2) is 5.44. The first kappa shape index (κ1) is 14.2. The van der Waals surface area contributed by atoms with Crippen molar-refractivity contribution >= 4 is 48.8 Å². The van der Waals surface area contributed by atoms with Crippen molar-refractivity contribution < 1.29 is 13.2 Å². The fourth-order valence-electron chi connectivity index (χ4n) is 1.42. The lowest BCUT2D eigenvalue weighted by Crippen LogP contribution is -2.11. The molecule has 0 amide bonds. The molecule has 0 bridgehead atoms. The average molecular weight is 360 g/mol. The number of ketones is 1. The molecule has 0 unspecified atom stereocenters. The molecule has 0 aliphatic carbocycles. The van der Waals surface area contributed by atoms with Crippen LogP contribution in [-0.2, 0) is 10.0 Å². The number of anilines is 1. The van der Waals surface area contributed by atoms with Gasteiger partial charge in [0.25, 0.3) is 10.0 Å². The van der Waals surface area contributed by atoms with Gasteiger partial charge in [0.2, 0.25) is 0 Å². The quantitative estimate of drug-likeness (QED) is 0.849. The van der Waals surface area contributed by atoms with Crippen LogP contribution in [0.5, 0.6) is 0 Å². The second-order valence-electron chi connectivity index (χ2n) is 3.80. The van der Waals surface area contributed by atoms with Crippen molar-refractivity contribution in [2.45, 2.75) is 11.1 Å². The van der Waals surface area contributed by atoms with Gasteiger partial charge in [-0.25, -0.2) is 8.42 Å². The molecule has 2 rings (SSSR count). The fraction of sp³-hybridized carbons (Fsp3) is 0.0833. The largest absolute Gasteiger partial charge is 0.295 e. The lowest BCUT2D eigenvalue weighted by atomic mass is 10.1. The zero-order valence-corrected chi connectivity index (χ0v) is 13.1. The van der Waals surface area contributed by atoms with Crippen LogP contribution in [0.3, 0.4) is 0 Å². The molecule has 1 N–H and O–H groups in total. The van der Waals surface area contributed by atoms with Crippen molar-refractivity contribution in [3.8, 4) is 0 Å². The molecule has 1 aromatic carbocycles. The minimum absolute atomic E-state index is 0.0587. The standard InChI is InChI=1S/C12H10BrNO3S2/c1-8(15)9-2-4-10(5-3-9)14-19(16,17)12-7-6-11(13)18-12/h2-7,14H,1H3. The van der Waals surface area contributed by atoms with Crippen molar-refractivity contribution in [3.05, 3.63) is 45.7 Å². The molecular formula is C12H10BrNO3S2. The van der Waals surface area contributed by atoms with Crippen LogP contribution in [0.1, 0.15) is 17.3 Å². The van der Waals surface area contributed by atoms with E-state index in [0.717, 1.165) is 15.1 Å². The summed E-state index contributed by atoms with van der Waals surface area (Å²) in [7, 11) is -3.57. The van der Waals surface area contributed by atoms with Gasteiger partial charge >= 0.3 is 0 Å². The average Bonchev–Trinajstić information content (AvgIpc) is 2.77. The Hall–Kier alpha value is -1.18. The van der Waals surface area contributed by atoms with Gasteiger partial charge in [-0.2, -0.15) is 0 Å². The van der Waals surface area contributed by atoms with E-state index in [1.807, 2.05) is 0 Å². The molecule has 0 atom stereocenters. The van der Waals surface area contributed by atoms with E-state index in [-0.39, 0.29) is 9.99 Å². The summed E-state index contributed by atoms with van der Waals surface area (Å²) < 4.78 is 27.5. The second-order valence-corrected chi connectivity index (χ2v) is 8.17. The predicted molar refractivity (Wildman–Crippen MR) is 79.3 cm³/mol. The van der Waals surface area contributed by atoms with Gasteiger partial charge in [-0.3, -0.25) is 9.52 Å². The van der Waals surface area contributed by atoms with Gasteiger partial charge in [-0.05, 0) is 59.3 Å². The number of thiophene rings is 1. The molecule has 0 radical (unpaired) electrons. The van der Waals surface area contributed by atoms with Crippen LogP contribution in [0.25, 0.3) is 0 Å². The van der Waals surface area contributed by atoms with E-state index < -0.39 is 10.0 Å². The number of carbonyl (C=O) groups excluding carboxylic acids is 1. The predicted octanol–water partition coefficient (Wildman–Crippen LogP) is 3.51. The van der Waals surface area contributed by atoms with E-state index in [1.54, 1.807) is 30.3 Å². The first-order valence-corrected chi connectivity index (χ1v) is 8.37. The molecule has 7 heteroatoms. The molecule has 0 saturated heterocycles. The number of hydrogen-bond acceptors (Lipinski definition) is 4. The molecule has 0 aliphatic rings. The van der Waals surface area contributed by atoms with E-state index in [1.165, 1.54) is 13.0 Å². The molecular weight excluding hydrogens is 350 g/mol. The van der Waals surface area contributed by atoms with Crippen molar-refractivity contribution in [3.63, 3.8) is 0 Å². The number of rotatable bonds is 4. The summed E-state index contributed by atoms with van der Waals surface area (Å²) in [5.74, 6) is -0.0587. The third-order valence-electron chi connectivity index (χ3n) is 2.36. The van der Waals surface area contributed by atoms with Gasteiger partial charge in [0, 0.05) is 11.3 Å². The first-order valence-electron chi connectivity index (χ1n) is 5.27. The molecule has 100 valence electrons. The summed E-state index contributed by atoms with van der Waals surface area (Å²) in [4.78, 5) is 11.1. The van der Waals surface area contributed by atoms with Gasteiger partial charge < -0.3 is 0 Å². The summed E-state index contributed by atoms with van der Waals surface area (Å²) in [5.41, 5.74) is 0.969. The molecule has 0 fully saturated rings. The highest BCUT2D eigenvalue weighted by molar-refractivity contribution is 9.11. The molecule has 2 aromatic rings. The van der Waals surface area contributed by atoms with Crippen LogP contribution >= 0.6 is 27.3 Å². The maximum Gasteiger partial charge on any atom is 0.271 e. The number of Topliss-reactive ketones (excluding diaryl/α,β-unsaturated/α-hetero) is 1. The highest BCUT2D eigenvalue weighted by atomic mass is 79.9. The summed E-state index contributed by atoms with van der Waals surface area (Å²) in [6.45, 7) is 1.46. The lowest BCUT2D eigenvalue weighted by molar-refractivity contribution is 0.101. The molecule has 0 spiro atoms. The van der Waals surface area contributed by atoms with Crippen LogP contribution < -0.4 is 4.72 Å². The summed E-state index contributed by atoms with van der Waals surface area (Å²) in [6.07, 6.45) is 0. The molecule has 1 heterocycles. The van der Waals surface area contributed by atoms with Gasteiger partial charge in [0.15, 0.2) is 5.78 Å². The highest BCUT2D eigenvalue weighted by Gasteiger charge is 2.16. The Kier molecular flexibility index (Phi) is 4.07. The Morgan fingerprint density at radius 2 is 1.79 bits per heavy atom. The Balaban J connectivity index is 2.23. The summed E-state index contributed by atoms with van der Waals surface area (Å²) >= 11 is 4.36.